The van der Waals surface area contributed by atoms with Gasteiger partial charge in [0.2, 0.25) is 5.95 Å². The van der Waals surface area contributed by atoms with Gasteiger partial charge in [-0.2, -0.15) is 0 Å². The molecule has 1 atom stereocenters. The van der Waals surface area contributed by atoms with Gasteiger partial charge in [-0.1, -0.05) is 6.92 Å². The molecule has 0 bridgehead atoms. The van der Waals surface area contributed by atoms with Crippen LogP contribution in [0.3, 0.4) is 0 Å². The van der Waals surface area contributed by atoms with E-state index in [4.69, 9.17) is 10.2 Å². The third-order valence-corrected chi connectivity index (χ3v) is 3.50. The van der Waals surface area contributed by atoms with E-state index in [1.165, 1.54) is 11.3 Å². The van der Waals surface area contributed by atoms with Crippen molar-refractivity contribution in [3.05, 3.63) is 17.1 Å². The third kappa shape index (κ3) is 2.41. The fraction of sp³-hybridized carbons (Fsp3) is 0.364. The number of carbonyl (C=O) groups is 1. The van der Waals surface area contributed by atoms with Gasteiger partial charge in [-0.3, -0.25) is 0 Å². The number of nitrogens with zero attached hydrogens (tertiary/aromatic N) is 2. The van der Waals surface area contributed by atoms with Gasteiger partial charge in [0.05, 0.1) is 29.1 Å². The Morgan fingerprint density at radius 1 is 1.61 bits per heavy atom. The maximum Gasteiger partial charge on any atom is 0.338 e. The molecule has 2 aromatic rings. The SMILES string of the molecule is CCC(CO)Nc1ncc2scc(C(=O)O)c2n1. The summed E-state index contributed by atoms with van der Waals surface area (Å²) in [6.45, 7) is 1.91. The third-order valence-electron chi connectivity index (χ3n) is 2.59. The number of nitrogens with one attached hydrogen (secondary N) is 1. The fourth-order valence-corrected chi connectivity index (χ4v) is 2.35. The lowest BCUT2D eigenvalue weighted by molar-refractivity contribution is 0.0699. The Morgan fingerprint density at radius 2 is 2.39 bits per heavy atom. The highest BCUT2D eigenvalue weighted by Crippen LogP contribution is 2.24. The van der Waals surface area contributed by atoms with Crippen LogP contribution in [0.25, 0.3) is 10.2 Å². The van der Waals surface area contributed by atoms with E-state index in [2.05, 4.69) is 15.3 Å². The van der Waals surface area contributed by atoms with Gasteiger partial charge in [0.1, 0.15) is 5.52 Å². The summed E-state index contributed by atoms with van der Waals surface area (Å²) in [5.74, 6) is -0.663. The van der Waals surface area contributed by atoms with Crippen molar-refractivity contribution >= 4 is 33.5 Å². The van der Waals surface area contributed by atoms with Gasteiger partial charge in [-0.15, -0.1) is 11.3 Å². The number of aromatic nitrogens is 2. The molecule has 0 radical (unpaired) electrons. The van der Waals surface area contributed by atoms with E-state index in [1.54, 1.807) is 11.6 Å². The standard InChI is InChI=1S/C11H13N3O3S/c1-2-6(4-15)13-11-12-3-8-9(14-11)7(5-18-8)10(16)17/h3,5-6,15H,2,4H2,1H3,(H,16,17)(H,12,13,14). The molecule has 0 saturated carbocycles. The van der Waals surface area contributed by atoms with Gasteiger partial charge in [0, 0.05) is 5.38 Å². The van der Waals surface area contributed by atoms with Crippen LogP contribution in [0.4, 0.5) is 5.95 Å². The number of hydrogen-bond donors (Lipinski definition) is 3. The van der Waals surface area contributed by atoms with Crippen LogP contribution in [0, 0.1) is 0 Å². The largest absolute Gasteiger partial charge is 0.478 e. The topological polar surface area (TPSA) is 95.3 Å². The van der Waals surface area contributed by atoms with Crippen LogP contribution in [0.5, 0.6) is 0 Å². The summed E-state index contributed by atoms with van der Waals surface area (Å²) in [7, 11) is 0. The van der Waals surface area contributed by atoms with Crippen molar-refractivity contribution in [2.24, 2.45) is 0 Å². The molecule has 0 aliphatic rings. The average Bonchev–Trinajstić information content (AvgIpc) is 2.79. The minimum atomic E-state index is -1.000. The number of carboxylic acids is 1. The maximum atomic E-state index is 11.0. The normalized spacial score (nSPS) is 12.6. The minimum absolute atomic E-state index is 0.0205. The summed E-state index contributed by atoms with van der Waals surface area (Å²) in [6, 6.07) is -0.130. The first-order valence-electron chi connectivity index (χ1n) is 5.50. The Labute approximate surface area is 107 Å². The van der Waals surface area contributed by atoms with Gasteiger partial charge in [0.15, 0.2) is 0 Å². The molecule has 0 amide bonds. The minimum Gasteiger partial charge on any atom is -0.478 e. The van der Waals surface area contributed by atoms with Crippen molar-refractivity contribution in [1.82, 2.24) is 9.97 Å². The van der Waals surface area contributed by atoms with Crippen molar-refractivity contribution in [2.45, 2.75) is 19.4 Å². The number of carboxylic acid groups (broad SMARTS) is 1. The molecule has 3 N–H and O–H groups in total. The van der Waals surface area contributed by atoms with Gasteiger partial charge >= 0.3 is 5.97 Å². The van der Waals surface area contributed by atoms with E-state index < -0.39 is 5.97 Å². The smallest absolute Gasteiger partial charge is 0.338 e. The molecule has 7 heteroatoms. The molecule has 2 aromatic heterocycles. The van der Waals surface area contributed by atoms with Crippen molar-refractivity contribution in [2.75, 3.05) is 11.9 Å². The van der Waals surface area contributed by atoms with Gasteiger partial charge in [0.25, 0.3) is 0 Å². The number of aliphatic hydroxyl groups excluding tert-OH is 1. The highest BCUT2D eigenvalue weighted by atomic mass is 32.1. The van der Waals surface area contributed by atoms with Gasteiger partial charge in [-0.05, 0) is 6.42 Å². The maximum absolute atomic E-state index is 11.0. The molecule has 2 heterocycles. The molecule has 0 saturated heterocycles. The molecule has 0 spiro atoms. The van der Waals surface area contributed by atoms with Crippen LogP contribution >= 0.6 is 11.3 Å². The van der Waals surface area contributed by atoms with E-state index in [1.807, 2.05) is 6.92 Å². The van der Waals surface area contributed by atoms with Crippen LogP contribution in [-0.4, -0.2) is 38.8 Å². The highest BCUT2D eigenvalue weighted by Gasteiger charge is 2.14. The van der Waals surface area contributed by atoms with Crippen LogP contribution in [0.15, 0.2) is 11.6 Å². The van der Waals surface area contributed by atoms with Crippen LogP contribution in [0.1, 0.15) is 23.7 Å². The molecule has 18 heavy (non-hydrogen) atoms. The molecule has 2 rings (SSSR count). The molecule has 0 aromatic carbocycles. The lowest BCUT2D eigenvalue weighted by Gasteiger charge is -2.13. The molecule has 96 valence electrons. The van der Waals surface area contributed by atoms with E-state index in [0.29, 0.717) is 11.5 Å². The number of thiophene rings is 1. The van der Waals surface area contributed by atoms with E-state index >= 15 is 0 Å². The van der Waals surface area contributed by atoms with Gasteiger partial charge in [-0.25, -0.2) is 14.8 Å². The Hall–Kier alpha value is -1.73. The lowest BCUT2D eigenvalue weighted by Crippen LogP contribution is -2.23. The van der Waals surface area contributed by atoms with Crippen molar-refractivity contribution < 1.29 is 15.0 Å². The number of anilines is 1. The molecular formula is C11H13N3O3S. The first kappa shape index (κ1) is 12.7. The van der Waals surface area contributed by atoms with E-state index in [9.17, 15) is 4.79 Å². The van der Waals surface area contributed by atoms with Gasteiger partial charge < -0.3 is 15.5 Å². The molecule has 0 aliphatic heterocycles. The van der Waals surface area contributed by atoms with Crippen LogP contribution < -0.4 is 5.32 Å². The summed E-state index contributed by atoms with van der Waals surface area (Å²) in [5, 5.41) is 22.6. The number of fused-ring (bicyclic) bond motifs is 1. The quantitative estimate of drug-likeness (QED) is 0.761. The monoisotopic (exact) mass is 267 g/mol. The van der Waals surface area contributed by atoms with Crippen molar-refractivity contribution in [3.8, 4) is 0 Å². The summed E-state index contributed by atoms with van der Waals surface area (Å²) in [5.41, 5.74) is 0.607. The second kappa shape index (κ2) is 5.28. The predicted octanol–water partition coefficient (Wildman–Crippen LogP) is 1.57. The predicted molar refractivity (Wildman–Crippen MR) is 69.2 cm³/mol. The molecular weight excluding hydrogens is 254 g/mol. The summed E-state index contributed by atoms with van der Waals surface area (Å²) < 4.78 is 0.731. The second-order valence-corrected chi connectivity index (χ2v) is 4.70. The first-order chi connectivity index (χ1) is 8.65. The summed E-state index contributed by atoms with van der Waals surface area (Å²) in [6.07, 6.45) is 2.32. The van der Waals surface area contributed by atoms with E-state index in [0.717, 1.165) is 11.1 Å². The van der Waals surface area contributed by atoms with E-state index in [-0.39, 0.29) is 18.2 Å². The molecule has 0 fully saturated rings. The Bertz CT molecular complexity index is 566. The molecule has 1 unspecified atom stereocenters. The van der Waals surface area contributed by atoms with Crippen LogP contribution in [-0.2, 0) is 0 Å². The number of rotatable bonds is 5. The number of hydrogen-bond acceptors (Lipinski definition) is 6. The zero-order valence-corrected chi connectivity index (χ0v) is 10.6. The van der Waals surface area contributed by atoms with Crippen molar-refractivity contribution in [3.63, 3.8) is 0 Å². The number of aliphatic hydroxyl groups is 1. The van der Waals surface area contributed by atoms with Crippen molar-refractivity contribution in [1.29, 1.82) is 0 Å². The fourth-order valence-electron chi connectivity index (χ4n) is 1.51. The first-order valence-corrected chi connectivity index (χ1v) is 6.38. The Kier molecular flexibility index (Phi) is 3.73. The Balaban J connectivity index is 2.36. The average molecular weight is 267 g/mol. The van der Waals surface area contributed by atoms with Crippen LogP contribution in [0.2, 0.25) is 0 Å². The second-order valence-electron chi connectivity index (χ2n) is 3.79. The zero-order chi connectivity index (χ0) is 13.1. The summed E-state index contributed by atoms with van der Waals surface area (Å²) in [4.78, 5) is 19.3. The zero-order valence-electron chi connectivity index (χ0n) is 9.75. The molecule has 0 aliphatic carbocycles. The lowest BCUT2D eigenvalue weighted by atomic mass is 10.2. The number of aromatic carboxylic acids is 1. The highest BCUT2D eigenvalue weighted by molar-refractivity contribution is 7.17. The summed E-state index contributed by atoms with van der Waals surface area (Å²) >= 11 is 1.30. The Morgan fingerprint density at radius 3 is 3.00 bits per heavy atom. The molecule has 6 nitrogen and oxygen atoms in total.